The van der Waals surface area contributed by atoms with Gasteiger partial charge in [-0.15, -0.1) is 0 Å². The first-order valence-corrected chi connectivity index (χ1v) is 12.1. The molecule has 7 nitrogen and oxygen atoms in total. The van der Waals surface area contributed by atoms with Crippen LogP contribution < -0.4 is 10.2 Å². The molecular formula is C27H29F3N4O3. The fraction of sp³-hybridized carbons (Fsp3) is 0.444. The lowest BCUT2D eigenvalue weighted by molar-refractivity contribution is -0.170. The Morgan fingerprint density at radius 2 is 1.97 bits per heavy atom. The molecule has 2 atom stereocenters. The average molecular weight is 515 g/mol. The zero-order valence-corrected chi connectivity index (χ0v) is 21.3. The van der Waals surface area contributed by atoms with Gasteiger partial charge in [0.05, 0.1) is 23.7 Å². The van der Waals surface area contributed by atoms with Crippen molar-refractivity contribution in [2.45, 2.75) is 57.1 Å². The molecule has 1 aromatic heterocycles. The van der Waals surface area contributed by atoms with Crippen molar-refractivity contribution in [2.24, 2.45) is 0 Å². The molecule has 1 spiro atoms. The lowest BCUT2D eigenvalue weighted by atomic mass is 9.81. The number of likely N-dealkylation sites (N-methyl/N-ethyl adjacent to an activating group) is 1. The van der Waals surface area contributed by atoms with Crippen LogP contribution in [0.4, 0.5) is 24.7 Å². The second-order valence-electron chi connectivity index (χ2n) is 10.5. The number of carbonyl (C=O) groups excluding carboxylic acids is 1. The number of fused-ring (bicyclic) bond motifs is 3. The number of carbonyl (C=O) groups is 1. The number of rotatable bonds is 5. The van der Waals surface area contributed by atoms with Gasteiger partial charge in [-0.3, -0.25) is 4.79 Å². The highest BCUT2D eigenvalue weighted by molar-refractivity contribution is 6.11. The number of nitrogens with zero attached hydrogens (tertiary/aromatic N) is 3. The number of aryl methyl sites for hydroxylation is 1. The number of aromatic nitrogens is 2. The number of ether oxygens (including phenoxy) is 1. The number of anilines is 2. The molecule has 1 saturated heterocycles. The largest absolute Gasteiger partial charge is 0.384 e. The first-order valence-electron chi connectivity index (χ1n) is 12.1. The van der Waals surface area contributed by atoms with E-state index >= 15 is 4.39 Å². The quantitative estimate of drug-likeness (QED) is 0.511. The molecule has 5 rings (SSSR count). The first kappa shape index (κ1) is 25.4. The summed E-state index contributed by atoms with van der Waals surface area (Å²) in [6, 6.07) is 6.70. The summed E-state index contributed by atoms with van der Waals surface area (Å²) in [6.07, 6.45) is 0.589. The molecule has 3 heterocycles. The summed E-state index contributed by atoms with van der Waals surface area (Å²) < 4.78 is 50.6. The molecule has 0 radical (unpaired) electrons. The minimum Gasteiger partial charge on any atom is -0.384 e. The van der Waals surface area contributed by atoms with E-state index in [1.54, 1.807) is 25.8 Å². The van der Waals surface area contributed by atoms with Crippen molar-refractivity contribution >= 4 is 28.3 Å². The van der Waals surface area contributed by atoms with Crippen molar-refractivity contribution in [3.8, 4) is 0 Å². The SMILES string of the molecule is Cc1nc(N[C@H](C)c2cccc(C(F)(F)C(C)(C)O)c2F)c2cc3c(cc2n1)C1(CCOC1)C(=O)N3C. The predicted molar refractivity (Wildman–Crippen MR) is 133 cm³/mol. The summed E-state index contributed by atoms with van der Waals surface area (Å²) in [4.78, 5) is 23.9. The maximum Gasteiger partial charge on any atom is 0.303 e. The van der Waals surface area contributed by atoms with Gasteiger partial charge < -0.3 is 20.1 Å². The Labute approximate surface area is 212 Å². The highest BCUT2D eigenvalue weighted by Crippen LogP contribution is 2.48. The second kappa shape index (κ2) is 8.39. The smallest absolute Gasteiger partial charge is 0.303 e. The van der Waals surface area contributed by atoms with Gasteiger partial charge in [-0.05, 0) is 57.9 Å². The van der Waals surface area contributed by atoms with Crippen molar-refractivity contribution in [3.05, 3.63) is 58.7 Å². The molecular weight excluding hydrogens is 485 g/mol. The van der Waals surface area contributed by atoms with Crippen molar-refractivity contribution in [2.75, 3.05) is 30.5 Å². The molecule has 0 aliphatic carbocycles. The lowest BCUT2D eigenvalue weighted by Gasteiger charge is -2.30. The molecule has 2 aliphatic rings. The maximum absolute atomic E-state index is 15.4. The summed E-state index contributed by atoms with van der Waals surface area (Å²) in [5.41, 5.74) is -1.86. The average Bonchev–Trinajstić information content (AvgIpc) is 3.38. The van der Waals surface area contributed by atoms with Crippen molar-refractivity contribution < 1.29 is 27.8 Å². The highest BCUT2D eigenvalue weighted by Gasteiger charge is 2.52. The van der Waals surface area contributed by atoms with Crippen molar-refractivity contribution in [1.29, 1.82) is 0 Å². The van der Waals surface area contributed by atoms with Crippen LogP contribution in [0.25, 0.3) is 10.9 Å². The standard InChI is InChI=1S/C27H29F3N4O3/c1-14(16-7-6-8-18(22(16)28)27(29,30)25(3,4)36)31-23-17-11-21-19(12-20(17)32-15(2)33-23)26(9-10-37-13-26)24(35)34(21)5/h6-8,11-12,14,36H,9-10,13H2,1-5H3,(H,31,32,33)/t14-,26?/m1/s1. The van der Waals surface area contributed by atoms with Crippen LogP contribution in [-0.4, -0.2) is 46.8 Å². The minimum atomic E-state index is -3.80. The number of benzene rings is 2. The normalized spacial score (nSPS) is 20.7. The molecule has 2 aliphatic heterocycles. The number of hydrogen-bond donors (Lipinski definition) is 2. The van der Waals surface area contributed by atoms with Crippen LogP contribution in [0.5, 0.6) is 0 Å². The lowest BCUT2D eigenvalue weighted by Crippen LogP contribution is -2.41. The molecule has 0 bridgehead atoms. The number of hydrogen-bond acceptors (Lipinski definition) is 6. The fourth-order valence-electron chi connectivity index (χ4n) is 5.28. The number of nitrogens with one attached hydrogen (secondary N) is 1. The summed E-state index contributed by atoms with van der Waals surface area (Å²) in [5.74, 6) is -4.09. The monoisotopic (exact) mass is 514 g/mol. The predicted octanol–water partition coefficient (Wildman–Crippen LogP) is 4.75. The first-order chi connectivity index (χ1) is 17.3. The summed E-state index contributed by atoms with van der Waals surface area (Å²) in [6.45, 7) is 6.06. The van der Waals surface area contributed by atoms with E-state index in [2.05, 4.69) is 15.3 Å². The molecule has 0 saturated carbocycles. The molecule has 37 heavy (non-hydrogen) atoms. The molecule has 10 heteroatoms. The molecule has 1 unspecified atom stereocenters. The van der Waals surface area contributed by atoms with Crippen LogP contribution >= 0.6 is 0 Å². The third kappa shape index (κ3) is 3.76. The Hall–Kier alpha value is -3.24. The Bertz CT molecular complexity index is 1410. The van der Waals surface area contributed by atoms with Crippen LogP contribution in [-0.2, 0) is 20.9 Å². The molecule has 196 valence electrons. The van der Waals surface area contributed by atoms with Gasteiger partial charge in [0.2, 0.25) is 5.91 Å². The van der Waals surface area contributed by atoms with Gasteiger partial charge in [-0.2, -0.15) is 8.78 Å². The van der Waals surface area contributed by atoms with Crippen LogP contribution in [0.1, 0.15) is 55.7 Å². The van der Waals surface area contributed by atoms with Crippen molar-refractivity contribution in [3.63, 3.8) is 0 Å². The van der Waals surface area contributed by atoms with E-state index in [1.807, 2.05) is 12.1 Å². The topological polar surface area (TPSA) is 87.6 Å². The van der Waals surface area contributed by atoms with Gasteiger partial charge >= 0.3 is 5.92 Å². The fourth-order valence-corrected chi connectivity index (χ4v) is 5.28. The number of amides is 1. The van der Waals surface area contributed by atoms with Gasteiger partial charge in [-0.1, -0.05) is 12.1 Å². The van der Waals surface area contributed by atoms with E-state index in [0.717, 1.165) is 31.2 Å². The molecule has 1 fully saturated rings. The molecule has 1 amide bonds. The zero-order chi connectivity index (χ0) is 26.9. The van der Waals surface area contributed by atoms with E-state index in [1.165, 1.54) is 12.1 Å². The third-order valence-electron chi connectivity index (χ3n) is 7.49. The van der Waals surface area contributed by atoms with Crippen LogP contribution in [0, 0.1) is 12.7 Å². The Balaban J connectivity index is 1.57. The summed E-state index contributed by atoms with van der Waals surface area (Å²) in [7, 11) is 1.72. The molecule has 2 aromatic carbocycles. The zero-order valence-electron chi connectivity index (χ0n) is 21.3. The van der Waals surface area contributed by atoms with E-state index in [4.69, 9.17) is 4.74 Å². The number of halogens is 3. The van der Waals surface area contributed by atoms with Gasteiger partial charge in [0.15, 0.2) is 0 Å². The summed E-state index contributed by atoms with van der Waals surface area (Å²) >= 11 is 0. The van der Waals surface area contributed by atoms with Gasteiger partial charge in [-0.25, -0.2) is 14.4 Å². The van der Waals surface area contributed by atoms with Gasteiger partial charge in [0.25, 0.3) is 0 Å². The van der Waals surface area contributed by atoms with Crippen LogP contribution in [0.3, 0.4) is 0 Å². The second-order valence-corrected chi connectivity index (χ2v) is 10.5. The minimum absolute atomic E-state index is 0.00125. The van der Waals surface area contributed by atoms with Crippen molar-refractivity contribution in [1.82, 2.24) is 9.97 Å². The highest BCUT2D eigenvalue weighted by atomic mass is 19.3. The van der Waals surface area contributed by atoms with Gasteiger partial charge in [0, 0.05) is 30.3 Å². The van der Waals surface area contributed by atoms with Crippen LogP contribution in [0.2, 0.25) is 0 Å². The van der Waals surface area contributed by atoms with E-state index in [0.29, 0.717) is 42.2 Å². The van der Waals surface area contributed by atoms with E-state index in [9.17, 15) is 18.7 Å². The summed E-state index contributed by atoms with van der Waals surface area (Å²) in [5, 5.41) is 13.7. The van der Waals surface area contributed by atoms with E-state index < -0.39 is 34.4 Å². The van der Waals surface area contributed by atoms with Crippen LogP contribution in [0.15, 0.2) is 30.3 Å². The maximum atomic E-state index is 15.4. The Morgan fingerprint density at radius 3 is 2.62 bits per heavy atom. The number of aliphatic hydroxyl groups is 1. The van der Waals surface area contributed by atoms with E-state index in [-0.39, 0.29) is 11.5 Å². The van der Waals surface area contributed by atoms with Gasteiger partial charge in [0.1, 0.15) is 28.5 Å². The molecule has 2 N–H and O–H groups in total. The third-order valence-corrected chi connectivity index (χ3v) is 7.49. The molecule has 3 aromatic rings. The number of alkyl halides is 2. The Morgan fingerprint density at radius 1 is 1.24 bits per heavy atom. The Kier molecular flexibility index (Phi) is 5.76.